The molecule has 4 aliphatic rings. The Morgan fingerprint density at radius 1 is 0.426 bits per heavy atom. The van der Waals surface area contributed by atoms with Gasteiger partial charge in [-0.15, -0.1) is 0 Å². The fraction of sp³-hybridized carbons (Fsp3) is 0.300. The Kier molecular flexibility index (Phi) is 26.9. The van der Waals surface area contributed by atoms with Gasteiger partial charge in [0, 0.05) is 9.79 Å². The lowest BCUT2D eigenvalue weighted by molar-refractivity contribution is -0.183. The Labute approximate surface area is 601 Å². The predicted octanol–water partition coefficient (Wildman–Crippen LogP) is 15.4. The molecule has 8 aromatic carbocycles. The second-order valence-electron chi connectivity index (χ2n) is 25.2. The van der Waals surface area contributed by atoms with Gasteiger partial charge in [-0.2, -0.15) is 0 Å². The van der Waals surface area contributed by atoms with E-state index in [2.05, 4.69) is 33.9 Å². The van der Waals surface area contributed by atoms with Gasteiger partial charge in [0.15, 0.2) is 20.5 Å². The molecule has 21 heteroatoms. The number of hydrogen-bond donors (Lipinski definition) is 1. The Morgan fingerprint density at radius 2 is 0.723 bits per heavy atom. The molecule has 0 saturated carbocycles. The maximum absolute atomic E-state index is 14.3. The summed E-state index contributed by atoms with van der Waals surface area (Å²) in [7, 11) is -2.70. The summed E-state index contributed by atoms with van der Waals surface area (Å²) >= 11 is 2.50. The number of amides is 4. The number of fused-ring (bicyclic) bond motifs is 2. The van der Waals surface area contributed by atoms with E-state index in [1.165, 1.54) is 23.5 Å². The topological polar surface area (TPSA) is 228 Å². The number of imide groups is 2. The molecule has 1 N–H and O–H groups in total. The molecule has 4 amide bonds. The number of thioether (sulfide) groups is 2. The average molecular weight is 1430 g/mol. The average Bonchev–Trinajstić information content (AvgIpc) is 1.70. The van der Waals surface area contributed by atoms with Gasteiger partial charge in [0.25, 0.3) is 23.6 Å². The van der Waals surface area contributed by atoms with Gasteiger partial charge < -0.3 is 38.0 Å². The molecule has 2 fully saturated rings. The first-order valence-corrected chi connectivity index (χ1v) is 36.3. The van der Waals surface area contributed by atoms with Crippen molar-refractivity contribution in [2.75, 3.05) is 13.2 Å². The molecular formula is C80H88N2O16S2Si. The number of benzene rings is 8. The van der Waals surface area contributed by atoms with Crippen molar-refractivity contribution >= 4 is 79.3 Å². The van der Waals surface area contributed by atoms with E-state index in [0.717, 1.165) is 30.7 Å². The van der Waals surface area contributed by atoms with Gasteiger partial charge in [-0.25, -0.2) is 19.2 Å². The first-order valence-electron chi connectivity index (χ1n) is 31.6. The molecule has 12 rings (SSSR count). The van der Waals surface area contributed by atoms with Gasteiger partial charge in [0.05, 0.1) is 44.5 Å². The largest absolute Gasteiger partial charge is 0.459 e. The van der Waals surface area contributed by atoms with Crippen LogP contribution in [0, 0.1) is 13.8 Å². The van der Waals surface area contributed by atoms with E-state index in [9.17, 15) is 43.5 Å². The monoisotopic (exact) mass is 1420 g/mol. The van der Waals surface area contributed by atoms with Crippen LogP contribution in [0.5, 0.6) is 0 Å². The maximum Gasteiger partial charge on any atom is 0.338 e. The Balaban J connectivity index is 0.000000275. The van der Waals surface area contributed by atoms with E-state index < -0.39 is 115 Å². The fourth-order valence-corrected chi connectivity index (χ4v) is 15.0. The Bertz CT molecular complexity index is 4110. The molecule has 0 aromatic heterocycles. The summed E-state index contributed by atoms with van der Waals surface area (Å²) in [5.74, 6) is -4.85. The highest BCUT2D eigenvalue weighted by molar-refractivity contribution is 8.00. The molecule has 0 aliphatic carbocycles. The molecule has 0 bridgehead atoms. The van der Waals surface area contributed by atoms with E-state index in [1.54, 1.807) is 164 Å². The first kappa shape index (κ1) is 79.0. The van der Waals surface area contributed by atoms with Crippen molar-refractivity contribution in [3.8, 4) is 0 Å². The second kappa shape index (κ2) is 34.4. The van der Waals surface area contributed by atoms with Crippen LogP contribution in [0.15, 0.2) is 228 Å². The molecular weight excluding hydrogens is 1340 g/mol. The van der Waals surface area contributed by atoms with Crippen molar-refractivity contribution in [1.29, 1.82) is 0 Å². The molecule has 4 aliphatic heterocycles. The zero-order chi connectivity index (χ0) is 68.7. The van der Waals surface area contributed by atoms with Crippen molar-refractivity contribution in [3.05, 3.63) is 274 Å². The number of carbonyl (C=O) groups is 8. The van der Waals surface area contributed by atoms with Crippen LogP contribution >= 0.6 is 23.5 Å². The van der Waals surface area contributed by atoms with Crippen LogP contribution in [-0.4, -0.2) is 144 Å². The molecule has 2 saturated heterocycles. The number of ether oxygens (including phenoxy) is 6. The molecule has 18 nitrogen and oxygen atoms in total. The fourth-order valence-electron chi connectivity index (χ4n) is 11.4. The number of carbonyl (C=O) groups excluding carboxylic acids is 8. The number of aryl methyl sites for hydroxylation is 2. The summed E-state index contributed by atoms with van der Waals surface area (Å²) in [6.07, 6.45) is -7.39. The highest BCUT2D eigenvalue weighted by Gasteiger charge is 2.59. The molecule has 0 radical (unpaired) electrons. The number of aliphatic hydroxyl groups is 1. The molecule has 101 heavy (non-hydrogen) atoms. The van der Waals surface area contributed by atoms with E-state index in [0.29, 0.717) is 11.1 Å². The van der Waals surface area contributed by atoms with Crippen molar-refractivity contribution < 1.29 is 76.3 Å². The number of hydrogen-bond acceptors (Lipinski definition) is 18. The SMILES string of the molecule is C.C.C.C.Cc1ccc(SC2OC(COC(=O)c3ccccc3)C(O)C(OC(=O)c3ccccc3)C2N2C(=O)c3ccccc3C2=O)cc1.Cc1ccc(SC2OC(COC(=O)c3ccccc3)C(O[Si](C)(C)C(C)(C)C)C(OC(=O)c3ccccc3)C2N2C(=O)c3ccccc3C2=O)cc1. The maximum atomic E-state index is 14.3. The van der Waals surface area contributed by atoms with Crippen molar-refractivity contribution in [2.24, 2.45) is 0 Å². The standard InChI is InChI=1S/C41H43NO8SSi.C35H29NO8S.4CH4/c1-26-21-23-29(24-22-26)51-40-33(42-36(43)30-19-13-14-20-31(30)37(42)44)35(49-39(46)28-17-11-8-12-18-28)34(50-52(5,6)41(2,3)4)32(48-40)25-47-38(45)27-15-9-7-10-16-27;1-21-16-18-24(19-17-21)45-35-28(36-31(38)25-14-8-9-15-26(25)32(36)39)30(44-34(41)23-12-6-3-7-13-23)29(37)27(43-35)20-42-33(40)22-10-4-2-5-11-22;;;;/h7-24,32-35,40H,25H2,1-6H3;2-19,27-30,35,37H,20H2,1H3;4*1H4. The summed E-state index contributed by atoms with van der Waals surface area (Å²) in [4.78, 5) is 113. The van der Waals surface area contributed by atoms with Crippen LogP contribution < -0.4 is 0 Å². The third kappa shape index (κ3) is 17.7. The van der Waals surface area contributed by atoms with Crippen LogP contribution in [0.4, 0.5) is 0 Å². The summed E-state index contributed by atoms with van der Waals surface area (Å²) < 4.78 is 44.1. The third-order valence-corrected chi connectivity index (χ3v) is 24.4. The summed E-state index contributed by atoms with van der Waals surface area (Å²) in [5, 5.41) is 11.4. The Hall–Kier alpha value is -9.32. The lowest BCUT2D eigenvalue weighted by Gasteiger charge is -2.51. The van der Waals surface area contributed by atoms with Gasteiger partial charge in [0.2, 0.25) is 0 Å². The molecule has 0 spiro atoms. The minimum atomic E-state index is -2.70. The summed E-state index contributed by atoms with van der Waals surface area (Å²) in [6, 6.07) is 59.7. The Morgan fingerprint density at radius 3 is 1.07 bits per heavy atom. The third-order valence-electron chi connectivity index (χ3n) is 17.6. The van der Waals surface area contributed by atoms with Crippen molar-refractivity contribution in [2.45, 2.75) is 152 Å². The molecule has 4 heterocycles. The van der Waals surface area contributed by atoms with Crippen molar-refractivity contribution in [3.63, 3.8) is 0 Å². The number of esters is 4. The van der Waals surface area contributed by atoms with Crippen LogP contribution in [0.1, 0.15) is 144 Å². The number of nitrogens with zero attached hydrogens (tertiary/aromatic N) is 2. The quantitative estimate of drug-likeness (QED) is 0.0364. The molecule has 10 atom stereocenters. The van der Waals surface area contributed by atoms with Gasteiger partial charge >= 0.3 is 23.9 Å². The highest BCUT2D eigenvalue weighted by Crippen LogP contribution is 2.46. The first-order chi connectivity index (χ1) is 46.6. The number of aliphatic hydroxyl groups excluding tert-OH is 1. The lowest BCUT2D eigenvalue weighted by atomic mass is 9.96. The smallest absolute Gasteiger partial charge is 0.338 e. The summed E-state index contributed by atoms with van der Waals surface area (Å²) in [6.45, 7) is 13.6. The van der Waals surface area contributed by atoms with E-state index >= 15 is 0 Å². The van der Waals surface area contributed by atoms with Crippen molar-refractivity contribution in [1.82, 2.24) is 9.80 Å². The second-order valence-corrected chi connectivity index (χ2v) is 32.3. The minimum Gasteiger partial charge on any atom is -0.459 e. The van der Waals surface area contributed by atoms with Crippen LogP contribution in [0.25, 0.3) is 0 Å². The summed E-state index contributed by atoms with van der Waals surface area (Å²) in [5.41, 5.74) is 2.16. The van der Waals surface area contributed by atoms with Gasteiger partial charge in [-0.05, 0) is 129 Å². The van der Waals surface area contributed by atoms with Gasteiger partial charge in [0.1, 0.15) is 60.6 Å². The van der Waals surface area contributed by atoms with Gasteiger partial charge in [-0.1, -0.05) is 206 Å². The molecule has 530 valence electrons. The van der Waals surface area contributed by atoms with E-state index in [4.69, 9.17) is 32.8 Å². The lowest BCUT2D eigenvalue weighted by Crippen LogP contribution is -2.68. The van der Waals surface area contributed by atoms with E-state index in [1.807, 2.05) is 68.4 Å². The number of rotatable bonds is 18. The predicted molar refractivity (Wildman–Crippen MR) is 393 cm³/mol. The van der Waals surface area contributed by atoms with Gasteiger partial charge in [-0.3, -0.25) is 29.0 Å². The minimum absolute atomic E-state index is 0. The normalized spacial score (nSPS) is 21.3. The van der Waals surface area contributed by atoms with Crippen LogP contribution in [0.3, 0.4) is 0 Å². The molecule has 8 aromatic rings. The van der Waals surface area contributed by atoms with E-state index in [-0.39, 0.29) is 81.3 Å². The highest BCUT2D eigenvalue weighted by atomic mass is 32.2. The van der Waals surface area contributed by atoms with Crippen LogP contribution in [0.2, 0.25) is 18.1 Å². The zero-order valence-electron chi connectivity index (χ0n) is 54.3. The molecule has 10 unspecified atom stereocenters. The van der Waals surface area contributed by atoms with Crippen LogP contribution in [-0.2, 0) is 32.8 Å². The zero-order valence-corrected chi connectivity index (χ0v) is 56.9.